The first-order valence-corrected chi connectivity index (χ1v) is 4.38. The van der Waals surface area contributed by atoms with E-state index in [0.717, 1.165) is 0 Å². The molecule has 0 aliphatic carbocycles. The summed E-state index contributed by atoms with van der Waals surface area (Å²) in [6.07, 6.45) is -0.829. The predicted molar refractivity (Wildman–Crippen MR) is 51.6 cm³/mol. The maximum atomic E-state index is 13.0. The molecule has 15 heavy (non-hydrogen) atoms. The lowest BCUT2D eigenvalue weighted by molar-refractivity contribution is -0.122. The van der Waals surface area contributed by atoms with Gasteiger partial charge in [0.05, 0.1) is 0 Å². The van der Waals surface area contributed by atoms with Crippen molar-refractivity contribution < 1.29 is 13.9 Å². The third-order valence-electron chi connectivity index (χ3n) is 2.17. The Morgan fingerprint density at radius 1 is 1.53 bits per heavy atom. The lowest BCUT2D eigenvalue weighted by atomic mass is 10.1. The number of aliphatic imine (C=N–C) groups is 1. The number of halogens is 1. The fourth-order valence-electron chi connectivity index (χ4n) is 1.41. The summed E-state index contributed by atoms with van der Waals surface area (Å²) < 4.78 is 18.0. The lowest BCUT2D eigenvalue weighted by Crippen LogP contribution is -2.14. The van der Waals surface area contributed by atoms with Gasteiger partial charge in [0.2, 0.25) is 6.10 Å². The van der Waals surface area contributed by atoms with Crippen LogP contribution in [0.2, 0.25) is 0 Å². The summed E-state index contributed by atoms with van der Waals surface area (Å²) in [5, 5.41) is 0. The van der Waals surface area contributed by atoms with E-state index in [1.807, 2.05) is 0 Å². The standard InChI is InChI=1S/C10H9FN2O2/c1-5-4-6(2-3-7(5)11)8-9(14)13-10(12)15-8/h2-4,8H,1H3,(H2,12,13,14). The molecule has 1 amide bonds. The van der Waals surface area contributed by atoms with Crippen molar-refractivity contribution in [3.05, 3.63) is 35.1 Å². The number of carbonyl (C=O) groups is 1. The third kappa shape index (κ3) is 1.68. The molecule has 0 saturated heterocycles. The van der Waals surface area contributed by atoms with Crippen molar-refractivity contribution in [1.29, 1.82) is 0 Å². The highest BCUT2D eigenvalue weighted by Crippen LogP contribution is 2.24. The van der Waals surface area contributed by atoms with Crippen LogP contribution < -0.4 is 5.73 Å². The fraction of sp³-hybridized carbons (Fsp3) is 0.200. The highest BCUT2D eigenvalue weighted by atomic mass is 19.1. The Labute approximate surface area is 85.6 Å². The van der Waals surface area contributed by atoms with Crippen LogP contribution in [0.25, 0.3) is 0 Å². The normalized spacial score (nSPS) is 20.0. The van der Waals surface area contributed by atoms with Crippen molar-refractivity contribution in [2.45, 2.75) is 13.0 Å². The molecular formula is C10H9FN2O2. The van der Waals surface area contributed by atoms with Gasteiger partial charge in [0.15, 0.2) is 0 Å². The van der Waals surface area contributed by atoms with Crippen LogP contribution in [0.3, 0.4) is 0 Å². The minimum absolute atomic E-state index is 0.146. The molecule has 1 atom stereocenters. The number of nitrogens with two attached hydrogens (primary N) is 1. The number of rotatable bonds is 1. The van der Waals surface area contributed by atoms with E-state index in [1.165, 1.54) is 12.1 Å². The number of hydrogen-bond donors (Lipinski definition) is 1. The average molecular weight is 208 g/mol. The Morgan fingerprint density at radius 3 is 2.80 bits per heavy atom. The molecule has 2 N–H and O–H groups in total. The summed E-state index contributed by atoms with van der Waals surface area (Å²) in [6.45, 7) is 1.61. The molecule has 1 heterocycles. The molecule has 1 aromatic carbocycles. The molecule has 1 aromatic rings. The van der Waals surface area contributed by atoms with Gasteiger partial charge >= 0.3 is 0 Å². The Morgan fingerprint density at radius 2 is 2.27 bits per heavy atom. The molecule has 1 aliphatic rings. The number of ether oxygens (including phenoxy) is 1. The zero-order chi connectivity index (χ0) is 11.0. The van der Waals surface area contributed by atoms with E-state index >= 15 is 0 Å². The van der Waals surface area contributed by atoms with E-state index in [1.54, 1.807) is 13.0 Å². The maximum absolute atomic E-state index is 13.0. The zero-order valence-corrected chi connectivity index (χ0v) is 8.03. The second kappa shape index (κ2) is 3.34. The second-order valence-electron chi connectivity index (χ2n) is 3.29. The van der Waals surface area contributed by atoms with E-state index in [-0.39, 0.29) is 11.8 Å². The van der Waals surface area contributed by atoms with Crippen molar-refractivity contribution in [3.8, 4) is 0 Å². The Kier molecular flexibility index (Phi) is 2.15. The molecule has 0 aromatic heterocycles. The van der Waals surface area contributed by atoms with Gasteiger partial charge in [-0.15, -0.1) is 0 Å². The van der Waals surface area contributed by atoms with E-state index in [4.69, 9.17) is 10.5 Å². The number of hydrogen-bond acceptors (Lipinski definition) is 3. The molecule has 0 saturated carbocycles. The molecule has 0 bridgehead atoms. The van der Waals surface area contributed by atoms with Crippen LogP contribution >= 0.6 is 0 Å². The average Bonchev–Trinajstić information content (AvgIpc) is 2.50. The molecule has 0 radical (unpaired) electrons. The highest BCUT2D eigenvalue weighted by molar-refractivity contribution is 5.98. The molecule has 0 spiro atoms. The van der Waals surface area contributed by atoms with Crippen LogP contribution in [0.4, 0.5) is 4.39 Å². The lowest BCUT2D eigenvalue weighted by Gasteiger charge is -2.09. The van der Waals surface area contributed by atoms with Gasteiger partial charge < -0.3 is 10.5 Å². The molecule has 78 valence electrons. The highest BCUT2D eigenvalue weighted by Gasteiger charge is 2.29. The maximum Gasteiger partial charge on any atom is 0.296 e. The van der Waals surface area contributed by atoms with Gasteiger partial charge in [-0.25, -0.2) is 4.39 Å². The van der Waals surface area contributed by atoms with Gasteiger partial charge in [-0.2, -0.15) is 4.99 Å². The third-order valence-corrected chi connectivity index (χ3v) is 2.17. The van der Waals surface area contributed by atoms with Crippen molar-refractivity contribution in [2.24, 2.45) is 10.7 Å². The van der Waals surface area contributed by atoms with E-state index in [2.05, 4.69) is 4.99 Å². The van der Waals surface area contributed by atoms with Crippen molar-refractivity contribution in [3.63, 3.8) is 0 Å². The molecule has 5 heteroatoms. The quantitative estimate of drug-likeness (QED) is 0.750. The monoisotopic (exact) mass is 208 g/mol. The summed E-state index contributed by atoms with van der Waals surface area (Å²) in [5.41, 5.74) is 6.27. The van der Waals surface area contributed by atoms with E-state index in [9.17, 15) is 9.18 Å². The number of nitrogens with zero attached hydrogens (tertiary/aromatic N) is 1. The molecule has 4 nitrogen and oxygen atoms in total. The van der Waals surface area contributed by atoms with Gasteiger partial charge in [0, 0.05) is 5.56 Å². The topological polar surface area (TPSA) is 64.7 Å². The number of amides is 1. The minimum atomic E-state index is -0.829. The number of aryl methyl sites for hydroxylation is 1. The summed E-state index contributed by atoms with van der Waals surface area (Å²) >= 11 is 0. The summed E-state index contributed by atoms with van der Waals surface area (Å²) in [5.74, 6) is -0.781. The van der Waals surface area contributed by atoms with Crippen LogP contribution in [-0.2, 0) is 9.53 Å². The first kappa shape index (κ1) is 9.64. The van der Waals surface area contributed by atoms with Crippen LogP contribution in [0, 0.1) is 12.7 Å². The largest absolute Gasteiger partial charge is 0.447 e. The van der Waals surface area contributed by atoms with Gasteiger partial charge in [-0.1, -0.05) is 6.07 Å². The Hall–Kier alpha value is -1.91. The fourth-order valence-corrected chi connectivity index (χ4v) is 1.41. The second-order valence-corrected chi connectivity index (χ2v) is 3.29. The smallest absolute Gasteiger partial charge is 0.296 e. The molecule has 1 aliphatic heterocycles. The van der Waals surface area contributed by atoms with Gasteiger partial charge in [0.1, 0.15) is 5.82 Å². The number of carbonyl (C=O) groups excluding carboxylic acids is 1. The number of benzene rings is 1. The summed E-state index contributed by atoms with van der Waals surface area (Å²) in [4.78, 5) is 14.7. The first-order valence-electron chi connectivity index (χ1n) is 4.38. The van der Waals surface area contributed by atoms with Crippen LogP contribution in [-0.4, -0.2) is 11.9 Å². The van der Waals surface area contributed by atoms with Gasteiger partial charge in [-0.3, -0.25) is 4.79 Å². The van der Waals surface area contributed by atoms with E-state index in [0.29, 0.717) is 11.1 Å². The summed E-state index contributed by atoms with van der Waals surface area (Å²) in [7, 11) is 0. The Bertz CT molecular complexity index is 457. The zero-order valence-electron chi connectivity index (χ0n) is 8.03. The van der Waals surface area contributed by atoms with Crippen molar-refractivity contribution in [2.75, 3.05) is 0 Å². The van der Waals surface area contributed by atoms with Gasteiger partial charge in [0.25, 0.3) is 11.9 Å². The molecule has 1 unspecified atom stereocenters. The van der Waals surface area contributed by atoms with Gasteiger partial charge in [-0.05, 0) is 24.6 Å². The van der Waals surface area contributed by atoms with E-state index < -0.39 is 12.0 Å². The van der Waals surface area contributed by atoms with Crippen molar-refractivity contribution >= 4 is 11.9 Å². The molecule has 2 rings (SSSR count). The molecular weight excluding hydrogens is 199 g/mol. The molecule has 0 fully saturated rings. The predicted octanol–water partition coefficient (Wildman–Crippen LogP) is 1.05. The minimum Gasteiger partial charge on any atom is -0.447 e. The summed E-state index contributed by atoms with van der Waals surface area (Å²) in [6, 6.07) is 4.17. The van der Waals surface area contributed by atoms with Crippen LogP contribution in [0.5, 0.6) is 0 Å². The van der Waals surface area contributed by atoms with Crippen LogP contribution in [0.15, 0.2) is 23.2 Å². The first-order chi connectivity index (χ1) is 7.08. The van der Waals surface area contributed by atoms with Crippen molar-refractivity contribution in [1.82, 2.24) is 0 Å². The Balaban J connectivity index is 2.32. The number of amidine groups is 1. The van der Waals surface area contributed by atoms with Crippen LogP contribution in [0.1, 0.15) is 17.2 Å². The SMILES string of the molecule is Cc1cc(C2OC(N)=NC2=O)ccc1F.